The number of halogens is 1. The summed E-state index contributed by atoms with van der Waals surface area (Å²) in [4.78, 5) is 8.25. The van der Waals surface area contributed by atoms with Crippen LogP contribution in [0, 0.1) is 15.3 Å². The molecule has 0 atom stereocenters. The molecule has 0 aromatic rings. The van der Waals surface area contributed by atoms with E-state index in [4.69, 9.17) is 15.3 Å². The van der Waals surface area contributed by atoms with Gasteiger partial charge in [-0.15, -0.1) is 12.4 Å². The second kappa shape index (κ2) is 15.7. The van der Waals surface area contributed by atoms with Crippen LogP contribution in [-0.4, -0.2) is 59.7 Å². The van der Waals surface area contributed by atoms with Crippen LogP contribution in [0.1, 0.15) is 0 Å². The van der Waals surface area contributed by atoms with Crippen molar-refractivity contribution < 1.29 is 5.09 Å². The van der Waals surface area contributed by atoms with Crippen molar-refractivity contribution in [2.75, 3.05) is 0 Å². The van der Waals surface area contributed by atoms with Gasteiger partial charge in [0.1, 0.15) is 0 Å². The molecule has 0 amide bonds. The standard InChI is InChI=1S/ClH.NO3.2Pb.4H/c;2-1(3)4;;;;;;/h1H;;;;;;;/q;-1;;;;;;. The zero-order chi connectivity index (χ0) is 3.58. The fourth-order valence-electron chi connectivity index (χ4n) is 0. The average Bonchev–Trinajstić information content (AvgIpc) is 0.811. The first-order chi connectivity index (χ1) is 1.73. The van der Waals surface area contributed by atoms with Crippen LogP contribution < -0.4 is 0 Å². The number of nitrogens with zero attached hydrogens (tertiary/aromatic N) is 1. The molecule has 4 radical (unpaired) electrons. The molecule has 44 valence electrons. The van der Waals surface area contributed by atoms with Crippen LogP contribution in [0.2, 0.25) is 0 Å². The van der Waals surface area contributed by atoms with Crippen molar-refractivity contribution in [1.82, 2.24) is 0 Å². The first-order valence-electron chi connectivity index (χ1n) is 0.548. The number of hydrogen-bond acceptors (Lipinski definition) is 3. The van der Waals surface area contributed by atoms with E-state index >= 15 is 0 Å². The molecule has 0 heterocycles. The van der Waals surface area contributed by atoms with E-state index in [1.165, 1.54) is 0 Å². The summed E-state index contributed by atoms with van der Waals surface area (Å²) < 4.78 is 0. The molecule has 0 N–H and O–H groups in total. The second-order valence-electron chi connectivity index (χ2n) is 0.224. The zero-order valence-electron chi connectivity index (χ0n) is 3.49. The molecule has 0 fully saturated rings. The summed E-state index contributed by atoms with van der Waals surface area (Å²) in [6.45, 7) is 0. The third-order valence-electron chi connectivity index (χ3n) is 0. The Balaban J connectivity index is -0.0000000150. The van der Waals surface area contributed by atoms with E-state index in [0.717, 1.165) is 0 Å². The van der Waals surface area contributed by atoms with Crippen molar-refractivity contribution in [1.29, 1.82) is 0 Å². The molecule has 7 heavy (non-hydrogen) atoms. The Kier molecular flexibility index (Phi) is 53.4. The predicted octanol–water partition coefficient (Wildman–Crippen LogP) is -1.65. The molecule has 0 saturated heterocycles. The first kappa shape index (κ1) is 23.9. The molecular weight excluding hydrogens is 512 g/mol. The topological polar surface area (TPSA) is 66.2 Å². The van der Waals surface area contributed by atoms with Crippen LogP contribution in [0.25, 0.3) is 0 Å². The molecule has 0 bridgehead atoms. The normalized spacial score (nSPS) is 3.43. The van der Waals surface area contributed by atoms with Gasteiger partial charge in [0, 0.05) is 0 Å². The Hall–Kier alpha value is 1.33. The zero-order valence-corrected chi connectivity index (χ0v) is 15.3. The maximum absolute atomic E-state index is 8.25. The van der Waals surface area contributed by atoms with Gasteiger partial charge in [0.2, 0.25) is 0 Å². The minimum absolute atomic E-state index is 0. The Labute approximate surface area is 86.5 Å². The minimum atomic E-state index is -1.75. The molecule has 0 aliphatic heterocycles. The van der Waals surface area contributed by atoms with Gasteiger partial charge >= 0.3 is 54.6 Å². The number of rotatable bonds is 0. The molecule has 0 rings (SSSR count). The summed E-state index contributed by atoms with van der Waals surface area (Å²) >= 11 is 0. The van der Waals surface area contributed by atoms with Crippen molar-refractivity contribution in [2.24, 2.45) is 0 Å². The Morgan fingerprint density at radius 1 is 1.14 bits per heavy atom. The van der Waals surface area contributed by atoms with Crippen molar-refractivity contribution in [3.63, 3.8) is 0 Å². The van der Waals surface area contributed by atoms with Crippen molar-refractivity contribution in [3.8, 4) is 0 Å². The summed E-state index contributed by atoms with van der Waals surface area (Å²) in [7, 11) is 0. The molecule has 0 unspecified atom stereocenters. The fourth-order valence-corrected chi connectivity index (χ4v) is 0. The van der Waals surface area contributed by atoms with Gasteiger partial charge in [-0.05, 0) is 0 Å². The summed E-state index contributed by atoms with van der Waals surface area (Å²) in [6.07, 6.45) is 0. The molecule has 0 spiro atoms. The first-order valence-corrected chi connectivity index (χ1v) is 0.548. The van der Waals surface area contributed by atoms with Crippen LogP contribution in [0.4, 0.5) is 0 Å². The summed E-state index contributed by atoms with van der Waals surface area (Å²) in [6, 6.07) is 0. The van der Waals surface area contributed by atoms with Gasteiger partial charge in [-0.2, -0.15) is 0 Å². The maximum atomic E-state index is 8.25. The molecule has 0 saturated carbocycles. The van der Waals surface area contributed by atoms with Crippen molar-refractivity contribution in [2.45, 2.75) is 0 Å². The number of hydrogen-bond donors (Lipinski definition) is 0. The fraction of sp³-hybridized carbons (Fsp3) is 0. The molecule has 4 nitrogen and oxygen atoms in total. The monoisotopic (exact) mass is 518 g/mol. The van der Waals surface area contributed by atoms with Gasteiger partial charge in [-0.3, -0.25) is 0 Å². The van der Waals surface area contributed by atoms with Crippen molar-refractivity contribution >= 4 is 67.0 Å². The van der Waals surface area contributed by atoms with Crippen LogP contribution in [0.5, 0.6) is 0 Å². The second-order valence-corrected chi connectivity index (χ2v) is 0.224. The van der Waals surface area contributed by atoms with Gasteiger partial charge in [-0.1, -0.05) is 0 Å². The average molecular weight is 517 g/mol. The Morgan fingerprint density at radius 3 is 1.14 bits per heavy atom. The van der Waals surface area contributed by atoms with Crippen LogP contribution in [0.15, 0.2) is 0 Å². The van der Waals surface area contributed by atoms with Gasteiger partial charge in [0.15, 0.2) is 0 Å². The quantitative estimate of drug-likeness (QED) is 0.220. The van der Waals surface area contributed by atoms with E-state index in [-0.39, 0.29) is 67.0 Å². The van der Waals surface area contributed by atoms with Crippen molar-refractivity contribution in [3.05, 3.63) is 15.3 Å². The van der Waals surface area contributed by atoms with Gasteiger partial charge < -0.3 is 15.3 Å². The summed E-state index contributed by atoms with van der Waals surface area (Å²) in [5.74, 6) is 0. The molecule has 0 aliphatic carbocycles. The van der Waals surface area contributed by atoms with Crippen LogP contribution in [-0.2, 0) is 0 Å². The van der Waals surface area contributed by atoms with E-state index in [1.807, 2.05) is 0 Å². The van der Waals surface area contributed by atoms with Crippen LogP contribution >= 0.6 is 12.4 Å². The van der Waals surface area contributed by atoms with E-state index in [0.29, 0.717) is 0 Å². The van der Waals surface area contributed by atoms with E-state index < -0.39 is 5.09 Å². The molecule has 0 aromatic carbocycles. The van der Waals surface area contributed by atoms with E-state index in [9.17, 15) is 0 Å². The Bertz CT molecular complexity index is 35.9. The van der Waals surface area contributed by atoms with Gasteiger partial charge in [0.25, 0.3) is 0 Å². The van der Waals surface area contributed by atoms with Gasteiger partial charge in [-0.25, -0.2) is 0 Å². The third-order valence-corrected chi connectivity index (χ3v) is 0. The third kappa shape index (κ3) is 117. The molecule has 0 aromatic heterocycles. The van der Waals surface area contributed by atoms with Crippen LogP contribution in [0.3, 0.4) is 0 Å². The molecule has 0 aliphatic rings. The predicted molar refractivity (Wildman–Crippen MR) is 34.7 cm³/mol. The SMILES string of the molecule is Cl.O=[N+]([O-])[O-].[PbH2].[PbH2]. The summed E-state index contributed by atoms with van der Waals surface area (Å²) in [5, 5.41) is 14.8. The molecular formula is H5ClNO3Pb2-. The molecule has 7 heteroatoms. The van der Waals surface area contributed by atoms with Gasteiger partial charge in [0.05, 0.1) is 5.09 Å². The van der Waals surface area contributed by atoms with E-state index in [1.54, 1.807) is 0 Å². The van der Waals surface area contributed by atoms with E-state index in [2.05, 4.69) is 0 Å². The Morgan fingerprint density at radius 2 is 1.14 bits per heavy atom. The summed E-state index contributed by atoms with van der Waals surface area (Å²) in [5.41, 5.74) is 0.